The highest BCUT2D eigenvalue weighted by atomic mass is 15.0. The van der Waals surface area contributed by atoms with Crippen molar-refractivity contribution in [1.82, 2.24) is 9.13 Å². The van der Waals surface area contributed by atoms with Gasteiger partial charge in [-0.05, 0) is 87.3 Å². The van der Waals surface area contributed by atoms with E-state index in [9.17, 15) is 5.26 Å². The van der Waals surface area contributed by atoms with Crippen molar-refractivity contribution in [3.63, 3.8) is 0 Å². The zero-order valence-corrected chi connectivity index (χ0v) is 26.9. The quantitative estimate of drug-likeness (QED) is 0.178. The molecule has 230 valence electrons. The van der Waals surface area contributed by atoms with Crippen LogP contribution >= 0.6 is 0 Å². The fourth-order valence-corrected chi connectivity index (χ4v) is 8.50. The van der Waals surface area contributed by atoms with E-state index < -0.39 is 0 Å². The van der Waals surface area contributed by atoms with E-state index in [0.29, 0.717) is 5.56 Å². The van der Waals surface area contributed by atoms with Crippen LogP contribution in [0.15, 0.2) is 164 Å². The molecule has 9 aromatic carbocycles. The molecule has 3 nitrogen and oxygen atoms in total. The van der Waals surface area contributed by atoms with Crippen molar-refractivity contribution in [2.24, 2.45) is 0 Å². The second-order valence-electron chi connectivity index (χ2n) is 13.2. The van der Waals surface area contributed by atoms with Crippen LogP contribution in [0.1, 0.15) is 5.56 Å². The highest BCUT2D eigenvalue weighted by Gasteiger charge is 2.19. The summed E-state index contributed by atoms with van der Waals surface area (Å²) >= 11 is 0. The predicted octanol–water partition coefficient (Wildman–Crippen LogP) is 12.3. The lowest BCUT2D eigenvalue weighted by Crippen LogP contribution is -1.97. The molecule has 0 atom stereocenters. The number of fused-ring (bicyclic) bond motifs is 6. The van der Waals surface area contributed by atoms with Crippen LogP contribution in [0.4, 0.5) is 0 Å². The van der Waals surface area contributed by atoms with Gasteiger partial charge in [0.2, 0.25) is 0 Å². The molecule has 0 aliphatic carbocycles. The summed E-state index contributed by atoms with van der Waals surface area (Å²) in [6, 6.07) is 61.5. The van der Waals surface area contributed by atoms with Crippen LogP contribution in [-0.4, -0.2) is 9.13 Å². The van der Waals surface area contributed by atoms with E-state index in [1.807, 2.05) is 6.07 Å². The Hall–Kier alpha value is -6.89. The van der Waals surface area contributed by atoms with Gasteiger partial charge in [0.05, 0.1) is 39.4 Å². The zero-order chi connectivity index (χ0) is 32.9. The fourth-order valence-electron chi connectivity index (χ4n) is 8.50. The summed E-state index contributed by atoms with van der Waals surface area (Å²) in [5.74, 6) is 0. The average molecular weight is 634 g/mol. The molecule has 0 saturated carbocycles. The molecular weight excluding hydrogens is 607 g/mol. The summed E-state index contributed by atoms with van der Waals surface area (Å²) in [7, 11) is 0. The minimum Gasteiger partial charge on any atom is -0.309 e. The van der Waals surface area contributed by atoms with Crippen molar-refractivity contribution in [1.29, 1.82) is 5.26 Å². The molecule has 0 fully saturated rings. The average Bonchev–Trinajstić information content (AvgIpc) is 3.69. The molecule has 0 radical (unpaired) electrons. The molecule has 0 aliphatic heterocycles. The van der Waals surface area contributed by atoms with Crippen LogP contribution in [0.25, 0.3) is 98.4 Å². The lowest BCUT2D eigenvalue weighted by Gasteiger charge is -2.17. The van der Waals surface area contributed by atoms with Crippen LogP contribution in [0.2, 0.25) is 0 Å². The van der Waals surface area contributed by atoms with Gasteiger partial charge in [-0.3, -0.25) is 0 Å². The van der Waals surface area contributed by atoms with Gasteiger partial charge in [0.15, 0.2) is 0 Å². The normalized spacial score (nSPS) is 12.0. The molecule has 2 aromatic heterocycles. The highest BCUT2D eigenvalue weighted by Crippen LogP contribution is 2.42. The highest BCUT2D eigenvalue weighted by molar-refractivity contribution is 6.26. The van der Waals surface area contributed by atoms with Crippen LogP contribution in [0.3, 0.4) is 0 Å². The lowest BCUT2D eigenvalue weighted by atomic mass is 9.91. The molecule has 2 heterocycles. The minimum atomic E-state index is 0.711. The van der Waals surface area contributed by atoms with Crippen LogP contribution in [0, 0.1) is 11.3 Å². The number of nitriles is 1. The van der Waals surface area contributed by atoms with Crippen LogP contribution < -0.4 is 0 Å². The van der Waals surface area contributed by atoms with E-state index in [0.717, 1.165) is 27.5 Å². The zero-order valence-electron chi connectivity index (χ0n) is 26.9. The van der Waals surface area contributed by atoms with E-state index in [1.165, 1.54) is 70.9 Å². The summed E-state index contributed by atoms with van der Waals surface area (Å²) in [5, 5.41) is 21.8. The number of hydrogen-bond acceptors (Lipinski definition) is 1. The minimum absolute atomic E-state index is 0.711. The monoisotopic (exact) mass is 633 g/mol. The second-order valence-corrected chi connectivity index (χ2v) is 13.2. The van der Waals surface area contributed by atoms with Gasteiger partial charge >= 0.3 is 0 Å². The Labute approximate surface area is 287 Å². The number of rotatable bonds is 3. The smallest absolute Gasteiger partial charge is 0.0998 e. The summed E-state index contributed by atoms with van der Waals surface area (Å²) in [6.45, 7) is 0. The first kappa shape index (κ1) is 27.1. The Balaban J connectivity index is 1.18. The SMILES string of the molecule is N#Cc1ccc2ccc3c(-n4c5ccccc5c5ccc(-c6ccc7c(c6)c6ccccc6n7-c6ccccc6)cc54)ccc4ccc1c2c43. The first-order chi connectivity index (χ1) is 24.8. The van der Waals surface area contributed by atoms with Gasteiger partial charge < -0.3 is 9.13 Å². The predicted molar refractivity (Wildman–Crippen MR) is 209 cm³/mol. The summed E-state index contributed by atoms with van der Waals surface area (Å²) < 4.78 is 4.80. The molecule has 3 heteroatoms. The Morgan fingerprint density at radius 3 is 1.74 bits per heavy atom. The Morgan fingerprint density at radius 1 is 0.380 bits per heavy atom. The largest absolute Gasteiger partial charge is 0.309 e. The van der Waals surface area contributed by atoms with Crippen LogP contribution in [-0.2, 0) is 0 Å². The van der Waals surface area contributed by atoms with E-state index in [2.05, 4.69) is 173 Å². The molecule has 0 aliphatic rings. The standard InChI is InChI=1S/C47H27N3/c48-28-33-15-14-29-17-23-39-43(24-19-30-16-21-35(33)46(29)47(30)39)50-42-13-7-4-10-36(42)38-22-18-32(27-45(38)50)31-20-25-44-40(26-31)37-11-5-6-12-41(37)49(44)34-8-2-1-3-9-34/h1-27H. The van der Waals surface area contributed by atoms with E-state index in [4.69, 9.17) is 0 Å². The molecular formula is C47H27N3. The van der Waals surface area contributed by atoms with Gasteiger partial charge in [-0.15, -0.1) is 0 Å². The van der Waals surface area contributed by atoms with Crippen molar-refractivity contribution >= 4 is 75.9 Å². The third-order valence-electron chi connectivity index (χ3n) is 10.7. The first-order valence-electron chi connectivity index (χ1n) is 17.0. The second kappa shape index (κ2) is 10.1. The third-order valence-corrected chi connectivity index (χ3v) is 10.7. The third kappa shape index (κ3) is 3.62. The molecule has 11 aromatic rings. The molecule has 0 saturated heterocycles. The Morgan fingerprint density at radius 2 is 0.940 bits per heavy atom. The van der Waals surface area contributed by atoms with Gasteiger partial charge in [0, 0.05) is 38.0 Å². The lowest BCUT2D eigenvalue weighted by molar-refractivity contribution is 1.18. The number of hydrogen-bond donors (Lipinski definition) is 0. The van der Waals surface area contributed by atoms with Crippen molar-refractivity contribution in [2.75, 3.05) is 0 Å². The Bertz CT molecular complexity index is 3210. The van der Waals surface area contributed by atoms with Crippen molar-refractivity contribution in [2.45, 2.75) is 0 Å². The summed E-state index contributed by atoms with van der Waals surface area (Å²) in [6.07, 6.45) is 0. The topological polar surface area (TPSA) is 33.6 Å². The Kier molecular flexibility index (Phi) is 5.45. The van der Waals surface area contributed by atoms with E-state index in [-0.39, 0.29) is 0 Å². The van der Waals surface area contributed by atoms with Gasteiger partial charge in [-0.1, -0.05) is 109 Å². The van der Waals surface area contributed by atoms with Crippen molar-refractivity contribution in [3.8, 4) is 28.6 Å². The molecule has 0 spiro atoms. The number of para-hydroxylation sites is 3. The molecule has 0 amide bonds. The molecule has 0 N–H and O–H groups in total. The molecule has 50 heavy (non-hydrogen) atoms. The summed E-state index contributed by atoms with van der Waals surface area (Å²) in [5.41, 5.74) is 10.1. The van der Waals surface area contributed by atoms with E-state index in [1.54, 1.807) is 0 Å². The maximum Gasteiger partial charge on any atom is 0.0998 e. The maximum absolute atomic E-state index is 9.94. The number of nitrogens with zero attached hydrogens (tertiary/aromatic N) is 3. The molecule has 11 rings (SSSR count). The van der Waals surface area contributed by atoms with Gasteiger partial charge in [0.1, 0.15) is 0 Å². The maximum atomic E-state index is 9.94. The van der Waals surface area contributed by atoms with Crippen molar-refractivity contribution < 1.29 is 0 Å². The molecule has 0 bridgehead atoms. The first-order valence-corrected chi connectivity index (χ1v) is 17.0. The van der Waals surface area contributed by atoms with Crippen LogP contribution in [0.5, 0.6) is 0 Å². The van der Waals surface area contributed by atoms with Gasteiger partial charge in [0.25, 0.3) is 0 Å². The van der Waals surface area contributed by atoms with Gasteiger partial charge in [-0.2, -0.15) is 5.26 Å². The van der Waals surface area contributed by atoms with E-state index >= 15 is 0 Å². The molecule has 0 unspecified atom stereocenters. The summed E-state index contributed by atoms with van der Waals surface area (Å²) in [4.78, 5) is 0. The fraction of sp³-hybridized carbons (Fsp3) is 0. The van der Waals surface area contributed by atoms with Crippen molar-refractivity contribution in [3.05, 3.63) is 169 Å². The number of benzene rings is 9. The van der Waals surface area contributed by atoms with Gasteiger partial charge in [-0.25, -0.2) is 0 Å². The number of aromatic nitrogens is 2.